The molecule has 0 saturated carbocycles. The van der Waals surface area contributed by atoms with Gasteiger partial charge < -0.3 is 18.6 Å². The molecule has 0 unspecified atom stereocenters. The Morgan fingerprint density at radius 3 is 2.12 bits per heavy atom. The monoisotopic (exact) mass is 468 g/mol. The number of unbranched alkanes of at least 4 members (excludes halogenated alkanes) is 1. The van der Waals surface area contributed by atoms with Gasteiger partial charge in [0, 0.05) is 0 Å². The normalized spacial score (nSPS) is 22.7. The van der Waals surface area contributed by atoms with Crippen LogP contribution in [0.4, 0.5) is 4.79 Å². The van der Waals surface area contributed by atoms with Gasteiger partial charge >= 0.3 is 6.16 Å². The van der Waals surface area contributed by atoms with E-state index in [4.69, 9.17) is 18.6 Å². The van der Waals surface area contributed by atoms with Crippen LogP contribution < -0.4 is 0 Å². The minimum atomic E-state index is -1.68. The highest BCUT2D eigenvalue weighted by molar-refractivity contribution is 6.74. The summed E-state index contributed by atoms with van der Waals surface area (Å²) in [5, 5.41) is 0.246. The molecular weight excluding hydrogens is 420 g/mol. The Balaban J connectivity index is 2.28. The zero-order valence-electron chi connectivity index (χ0n) is 22.5. The van der Waals surface area contributed by atoms with Crippen LogP contribution in [-0.4, -0.2) is 45.0 Å². The first-order valence-electron chi connectivity index (χ1n) is 11.9. The molecule has 0 spiro atoms. The number of carbonyl (C=O) groups is 1. The van der Waals surface area contributed by atoms with Gasteiger partial charge in [0.05, 0.1) is 12.7 Å². The third kappa shape index (κ3) is 10.7. The highest BCUT2D eigenvalue weighted by Gasteiger charge is 2.52. The molecule has 0 aromatic rings. The molecule has 5 nitrogen and oxygen atoms in total. The SMILES string of the molecule is C/C(=C\CC/C=C(\C)CO[Si](C)(C)C(C)(C)C)CC[C@@H]1O[C@@]1(C)COC(=O)OC(C)(C)C. The minimum absolute atomic E-state index is 0.128. The number of allylic oxidation sites excluding steroid dienone is 3. The summed E-state index contributed by atoms with van der Waals surface area (Å²) in [7, 11) is -1.68. The number of hydrogen-bond donors (Lipinski definition) is 0. The van der Waals surface area contributed by atoms with Gasteiger partial charge in [-0.1, -0.05) is 44.1 Å². The molecule has 0 N–H and O–H groups in total. The Morgan fingerprint density at radius 1 is 1.03 bits per heavy atom. The highest BCUT2D eigenvalue weighted by atomic mass is 28.4. The number of ether oxygens (including phenoxy) is 3. The van der Waals surface area contributed by atoms with Gasteiger partial charge in [0.2, 0.25) is 0 Å². The summed E-state index contributed by atoms with van der Waals surface area (Å²) in [6, 6.07) is 0. The first-order valence-corrected chi connectivity index (χ1v) is 14.8. The molecule has 0 aromatic carbocycles. The molecule has 186 valence electrons. The van der Waals surface area contributed by atoms with Crippen LogP contribution >= 0.6 is 0 Å². The van der Waals surface area contributed by atoms with Crippen LogP contribution in [0.2, 0.25) is 18.1 Å². The summed E-state index contributed by atoms with van der Waals surface area (Å²) in [6.07, 6.45) is 8.10. The predicted octanol–water partition coefficient (Wildman–Crippen LogP) is 7.57. The van der Waals surface area contributed by atoms with E-state index in [0.29, 0.717) is 0 Å². The van der Waals surface area contributed by atoms with Crippen LogP contribution in [0.3, 0.4) is 0 Å². The second kappa shape index (κ2) is 11.3. The zero-order chi connectivity index (χ0) is 24.8. The summed E-state index contributed by atoms with van der Waals surface area (Å²) >= 11 is 0. The molecule has 1 heterocycles. The zero-order valence-corrected chi connectivity index (χ0v) is 23.5. The number of carbonyl (C=O) groups excluding carboxylic acids is 1. The first-order chi connectivity index (χ1) is 14.5. The second-order valence-electron chi connectivity index (χ2n) is 11.9. The molecule has 1 saturated heterocycles. The van der Waals surface area contributed by atoms with Gasteiger partial charge in [-0.15, -0.1) is 0 Å². The van der Waals surface area contributed by atoms with Crippen molar-refractivity contribution in [3.8, 4) is 0 Å². The van der Waals surface area contributed by atoms with Crippen molar-refractivity contribution in [2.45, 2.75) is 123 Å². The van der Waals surface area contributed by atoms with Crippen LogP contribution in [0.1, 0.15) is 88.0 Å². The van der Waals surface area contributed by atoms with Gasteiger partial charge in [0.25, 0.3) is 0 Å². The Hall–Kier alpha value is -1.11. The average Bonchev–Trinajstić information content (AvgIpc) is 3.28. The molecule has 1 fully saturated rings. The topological polar surface area (TPSA) is 57.3 Å². The van der Waals surface area contributed by atoms with Crippen molar-refractivity contribution in [2.75, 3.05) is 13.2 Å². The van der Waals surface area contributed by atoms with E-state index in [1.54, 1.807) is 0 Å². The van der Waals surface area contributed by atoms with E-state index in [2.05, 4.69) is 59.9 Å². The van der Waals surface area contributed by atoms with Crippen LogP contribution in [0.5, 0.6) is 0 Å². The van der Waals surface area contributed by atoms with Crippen LogP contribution in [0.15, 0.2) is 23.3 Å². The fraction of sp³-hybridized carbons (Fsp3) is 0.808. The summed E-state index contributed by atoms with van der Waals surface area (Å²) < 4.78 is 22.5. The van der Waals surface area contributed by atoms with Crippen molar-refractivity contribution in [3.05, 3.63) is 23.3 Å². The summed E-state index contributed by atoms with van der Waals surface area (Å²) in [4.78, 5) is 11.7. The third-order valence-corrected chi connectivity index (χ3v) is 10.8. The Labute approximate surface area is 198 Å². The molecule has 1 aliphatic heterocycles. The number of rotatable bonds is 11. The average molecular weight is 469 g/mol. The van der Waals surface area contributed by atoms with Crippen LogP contribution in [0, 0.1) is 0 Å². The van der Waals surface area contributed by atoms with Crippen molar-refractivity contribution < 1.29 is 23.4 Å². The lowest BCUT2D eigenvalue weighted by atomic mass is 10.0. The van der Waals surface area contributed by atoms with E-state index >= 15 is 0 Å². The van der Waals surface area contributed by atoms with E-state index in [1.165, 1.54) is 11.1 Å². The first kappa shape index (κ1) is 28.9. The molecule has 1 rings (SSSR count). The van der Waals surface area contributed by atoms with Crippen molar-refractivity contribution in [1.29, 1.82) is 0 Å². The standard InChI is InChI=1S/C26H48O5Si/c1-20(14-12-13-15-21(2)18-29-32(10,11)25(6,7)8)16-17-22-26(9,30-22)19-28-23(27)31-24(3,4)5/h14-15,22H,12-13,16-19H2,1-11H3/b20-14+,21-15+/t22-,26-/m0/s1. The third-order valence-electron chi connectivity index (χ3n) is 6.32. The molecule has 0 radical (unpaired) electrons. The molecule has 0 bridgehead atoms. The summed E-state index contributed by atoms with van der Waals surface area (Å²) in [5.74, 6) is 0. The fourth-order valence-corrected chi connectivity index (χ4v) is 3.98. The van der Waals surface area contributed by atoms with Gasteiger partial charge in [-0.25, -0.2) is 4.79 Å². The molecule has 32 heavy (non-hydrogen) atoms. The molecule has 1 aliphatic rings. The van der Waals surface area contributed by atoms with E-state index < -0.39 is 20.1 Å². The molecule has 2 atom stereocenters. The lowest BCUT2D eigenvalue weighted by molar-refractivity contribution is -0.0150. The predicted molar refractivity (Wildman–Crippen MR) is 135 cm³/mol. The van der Waals surface area contributed by atoms with Gasteiger partial charge in [-0.2, -0.15) is 0 Å². The fourth-order valence-electron chi connectivity index (χ4n) is 2.95. The Bertz CT molecular complexity index is 681. The smallest absolute Gasteiger partial charge is 0.431 e. The molecule has 0 aliphatic carbocycles. The van der Waals surface area contributed by atoms with Crippen molar-refractivity contribution in [2.24, 2.45) is 0 Å². The van der Waals surface area contributed by atoms with Gasteiger partial charge in [-0.05, 0) is 85.4 Å². The van der Waals surface area contributed by atoms with E-state index in [-0.39, 0.29) is 23.4 Å². The quantitative estimate of drug-likeness (QED) is 0.103. The van der Waals surface area contributed by atoms with E-state index in [1.807, 2.05) is 27.7 Å². The lowest BCUT2D eigenvalue weighted by Crippen LogP contribution is -2.41. The largest absolute Gasteiger partial charge is 0.508 e. The van der Waals surface area contributed by atoms with E-state index in [0.717, 1.165) is 32.3 Å². The van der Waals surface area contributed by atoms with Crippen molar-refractivity contribution in [3.63, 3.8) is 0 Å². The van der Waals surface area contributed by atoms with Crippen molar-refractivity contribution in [1.82, 2.24) is 0 Å². The van der Waals surface area contributed by atoms with Gasteiger partial charge in [0.1, 0.15) is 17.8 Å². The van der Waals surface area contributed by atoms with Crippen LogP contribution in [-0.2, 0) is 18.6 Å². The maximum absolute atomic E-state index is 11.7. The van der Waals surface area contributed by atoms with Crippen LogP contribution in [0.25, 0.3) is 0 Å². The Kier molecular flexibility index (Phi) is 10.3. The maximum atomic E-state index is 11.7. The van der Waals surface area contributed by atoms with E-state index in [9.17, 15) is 4.79 Å². The molecule has 6 heteroatoms. The van der Waals surface area contributed by atoms with Gasteiger partial charge in [0.15, 0.2) is 8.32 Å². The summed E-state index contributed by atoms with van der Waals surface area (Å²) in [6.45, 7) is 24.2. The number of hydrogen-bond acceptors (Lipinski definition) is 5. The maximum Gasteiger partial charge on any atom is 0.508 e. The second-order valence-corrected chi connectivity index (χ2v) is 16.7. The summed E-state index contributed by atoms with van der Waals surface area (Å²) in [5.41, 5.74) is 1.75. The highest BCUT2D eigenvalue weighted by Crippen LogP contribution is 2.40. The molecule has 0 aromatic heterocycles. The van der Waals surface area contributed by atoms with Gasteiger partial charge in [-0.3, -0.25) is 0 Å². The minimum Gasteiger partial charge on any atom is -0.431 e. The molecular formula is C26H48O5Si. The van der Waals surface area contributed by atoms with Crippen molar-refractivity contribution >= 4 is 14.5 Å². The Morgan fingerprint density at radius 2 is 1.59 bits per heavy atom. The molecule has 0 amide bonds. The number of epoxide rings is 1. The lowest BCUT2D eigenvalue weighted by Gasteiger charge is -2.36.